The molecule has 0 aromatic carbocycles. The fraction of sp³-hybridized carbons (Fsp3) is 0.500. The molecule has 11 nitrogen and oxygen atoms in total. The van der Waals surface area contributed by atoms with Crippen LogP contribution in [-0.4, -0.2) is 79.2 Å². The molecule has 5 heterocycles. The molecule has 160 valence electrons. The first kappa shape index (κ1) is 19.5. The van der Waals surface area contributed by atoms with Gasteiger partial charge in [0, 0.05) is 6.20 Å². The van der Waals surface area contributed by atoms with Crippen molar-refractivity contribution in [2.75, 3.05) is 25.1 Å². The fourth-order valence-corrected chi connectivity index (χ4v) is 3.88. The van der Waals surface area contributed by atoms with E-state index in [0.717, 1.165) is 5.69 Å². The standard InChI is InChI=1S/C18H21ClN6O5/c19-10-5-11-17(22-16(10)20-6-9-1-2-25(24-9)3-4-26)23-18(21-11)30-13-8-29-14-12(27)7-28-15(13)14/h1-2,5,12-15,26-27H,3-4,6-8H2,(H2,20,21,22,23)/t12-,13-,14-,15-/m1/s1. The Morgan fingerprint density at radius 1 is 1.30 bits per heavy atom. The number of aromatic amines is 1. The summed E-state index contributed by atoms with van der Waals surface area (Å²) in [6, 6.07) is 3.86. The maximum Gasteiger partial charge on any atom is 0.296 e. The minimum Gasteiger partial charge on any atom is -0.456 e. The van der Waals surface area contributed by atoms with E-state index in [9.17, 15) is 5.11 Å². The molecule has 4 N–H and O–H groups in total. The van der Waals surface area contributed by atoms with Crippen molar-refractivity contribution in [1.82, 2.24) is 24.7 Å². The first-order valence-electron chi connectivity index (χ1n) is 9.62. The van der Waals surface area contributed by atoms with Crippen molar-refractivity contribution in [2.45, 2.75) is 37.5 Å². The van der Waals surface area contributed by atoms with Crippen LogP contribution < -0.4 is 10.1 Å². The quantitative estimate of drug-likeness (QED) is 0.412. The van der Waals surface area contributed by atoms with Crippen molar-refractivity contribution in [3.63, 3.8) is 0 Å². The summed E-state index contributed by atoms with van der Waals surface area (Å²) >= 11 is 6.35. The lowest BCUT2D eigenvalue weighted by Gasteiger charge is -2.15. The zero-order valence-electron chi connectivity index (χ0n) is 15.9. The third kappa shape index (κ3) is 3.70. The van der Waals surface area contributed by atoms with Crippen molar-refractivity contribution in [2.24, 2.45) is 0 Å². The van der Waals surface area contributed by atoms with E-state index in [4.69, 9.17) is 30.9 Å². The van der Waals surface area contributed by atoms with Crippen LogP contribution in [0.15, 0.2) is 18.3 Å². The van der Waals surface area contributed by atoms with Gasteiger partial charge in [-0.2, -0.15) is 10.1 Å². The number of aliphatic hydroxyl groups is 2. The number of nitrogens with one attached hydrogen (secondary N) is 2. The zero-order valence-corrected chi connectivity index (χ0v) is 16.6. The molecule has 0 radical (unpaired) electrons. The first-order valence-corrected chi connectivity index (χ1v) is 10.00. The Morgan fingerprint density at radius 2 is 2.17 bits per heavy atom. The van der Waals surface area contributed by atoms with Gasteiger partial charge >= 0.3 is 0 Å². The summed E-state index contributed by atoms with van der Waals surface area (Å²) in [6.45, 7) is 1.45. The molecule has 0 bridgehead atoms. The Balaban J connectivity index is 1.28. The molecule has 12 heteroatoms. The number of ether oxygens (including phenoxy) is 3. The Labute approximate surface area is 175 Å². The lowest BCUT2D eigenvalue weighted by molar-refractivity contribution is 0.00706. The van der Waals surface area contributed by atoms with Crippen molar-refractivity contribution in [1.29, 1.82) is 0 Å². The minimum atomic E-state index is -0.636. The molecule has 0 unspecified atom stereocenters. The average molecular weight is 437 g/mol. The number of hydrogen-bond acceptors (Lipinski definition) is 9. The van der Waals surface area contributed by atoms with Crippen LogP contribution in [0.1, 0.15) is 5.69 Å². The molecule has 2 saturated heterocycles. The number of H-pyrrole nitrogens is 1. The number of anilines is 1. The molecular weight excluding hydrogens is 416 g/mol. The van der Waals surface area contributed by atoms with Gasteiger partial charge in [-0.25, -0.2) is 4.98 Å². The molecule has 3 aromatic heterocycles. The van der Waals surface area contributed by atoms with Crippen LogP contribution in [-0.2, 0) is 22.6 Å². The van der Waals surface area contributed by atoms with Crippen LogP contribution in [0.3, 0.4) is 0 Å². The van der Waals surface area contributed by atoms with Gasteiger partial charge < -0.3 is 34.7 Å². The summed E-state index contributed by atoms with van der Waals surface area (Å²) in [7, 11) is 0. The highest BCUT2D eigenvalue weighted by Crippen LogP contribution is 2.30. The number of aromatic nitrogens is 5. The lowest BCUT2D eigenvalue weighted by atomic mass is 10.1. The highest BCUT2D eigenvalue weighted by Gasteiger charge is 2.48. The molecule has 2 aliphatic rings. The van der Waals surface area contributed by atoms with Crippen LogP contribution >= 0.6 is 11.6 Å². The number of imidazole rings is 1. The Morgan fingerprint density at radius 3 is 3.03 bits per heavy atom. The molecule has 2 fully saturated rings. The van der Waals surface area contributed by atoms with Crippen molar-refractivity contribution in [3.8, 4) is 6.01 Å². The van der Waals surface area contributed by atoms with E-state index < -0.39 is 6.10 Å². The Hall–Kier alpha value is -2.44. The molecule has 4 atom stereocenters. The van der Waals surface area contributed by atoms with Crippen LogP contribution in [0.25, 0.3) is 11.2 Å². The molecule has 30 heavy (non-hydrogen) atoms. The first-order chi connectivity index (χ1) is 14.6. The van der Waals surface area contributed by atoms with E-state index >= 15 is 0 Å². The van der Waals surface area contributed by atoms with Gasteiger partial charge in [0.2, 0.25) is 0 Å². The number of aliphatic hydroxyl groups excluding tert-OH is 2. The maximum absolute atomic E-state index is 9.84. The molecule has 5 rings (SSSR count). The molecule has 0 aliphatic carbocycles. The largest absolute Gasteiger partial charge is 0.456 e. The monoisotopic (exact) mass is 436 g/mol. The van der Waals surface area contributed by atoms with Gasteiger partial charge in [0.25, 0.3) is 6.01 Å². The van der Waals surface area contributed by atoms with Crippen LogP contribution in [0.4, 0.5) is 5.82 Å². The summed E-state index contributed by atoms with van der Waals surface area (Å²) in [5, 5.41) is 26.7. The molecule has 0 spiro atoms. The Bertz CT molecular complexity index is 1040. The SMILES string of the molecule is OCCn1ccc(CNc2nc3nc(O[C@@H]4CO[C@H]5[C@@H]4OC[C@H]5O)[nH]c3cc2Cl)n1. The summed E-state index contributed by atoms with van der Waals surface area (Å²) in [5.74, 6) is 0.477. The number of pyridine rings is 1. The smallest absolute Gasteiger partial charge is 0.296 e. The highest BCUT2D eigenvalue weighted by atomic mass is 35.5. The zero-order chi connectivity index (χ0) is 20.7. The predicted octanol–water partition coefficient (Wildman–Crippen LogP) is 0.318. The van der Waals surface area contributed by atoms with Crippen LogP contribution in [0.2, 0.25) is 5.02 Å². The lowest BCUT2D eigenvalue weighted by Crippen LogP contribution is -2.34. The fourth-order valence-electron chi connectivity index (χ4n) is 3.66. The molecule has 0 saturated carbocycles. The van der Waals surface area contributed by atoms with Gasteiger partial charge in [-0.05, 0) is 12.1 Å². The van der Waals surface area contributed by atoms with E-state index in [-0.39, 0.29) is 37.5 Å². The second-order valence-electron chi connectivity index (χ2n) is 7.20. The van der Waals surface area contributed by atoms with Crippen molar-refractivity contribution in [3.05, 3.63) is 29.0 Å². The number of rotatable bonds is 7. The van der Waals surface area contributed by atoms with Crippen LogP contribution in [0, 0.1) is 0 Å². The van der Waals surface area contributed by atoms with Gasteiger partial charge in [0.15, 0.2) is 11.8 Å². The number of halogens is 1. The second-order valence-corrected chi connectivity index (χ2v) is 7.61. The molecule has 0 amide bonds. The van der Waals surface area contributed by atoms with E-state index in [1.54, 1.807) is 16.9 Å². The van der Waals surface area contributed by atoms with Crippen molar-refractivity contribution < 1.29 is 24.4 Å². The summed E-state index contributed by atoms with van der Waals surface area (Å²) < 4.78 is 18.7. The molecule has 3 aromatic rings. The van der Waals surface area contributed by atoms with Gasteiger partial charge in [0.05, 0.1) is 49.1 Å². The van der Waals surface area contributed by atoms with Gasteiger partial charge in [0.1, 0.15) is 24.1 Å². The minimum absolute atomic E-state index is 0.0310. The highest BCUT2D eigenvalue weighted by molar-refractivity contribution is 6.33. The summed E-state index contributed by atoms with van der Waals surface area (Å²) in [5.41, 5.74) is 1.88. The van der Waals surface area contributed by atoms with Gasteiger partial charge in [-0.15, -0.1) is 0 Å². The normalized spacial score (nSPS) is 25.7. The van der Waals surface area contributed by atoms with E-state index in [1.165, 1.54) is 0 Å². The molecular formula is C18H21ClN6O5. The van der Waals surface area contributed by atoms with E-state index in [2.05, 4.69) is 25.4 Å². The number of nitrogens with zero attached hydrogens (tertiary/aromatic N) is 4. The summed E-state index contributed by atoms with van der Waals surface area (Å²) in [6.07, 6.45) is 0.0992. The summed E-state index contributed by atoms with van der Waals surface area (Å²) in [4.78, 5) is 11.9. The topological polar surface area (TPSA) is 140 Å². The van der Waals surface area contributed by atoms with E-state index in [0.29, 0.717) is 41.7 Å². The predicted molar refractivity (Wildman–Crippen MR) is 105 cm³/mol. The maximum atomic E-state index is 9.84. The van der Waals surface area contributed by atoms with E-state index in [1.807, 2.05) is 6.07 Å². The third-order valence-corrected chi connectivity index (χ3v) is 5.40. The third-order valence-electron chi connectivity index (χ3n) is 5.11. The Kier molecular flexibility index (Phi) is 5.21. The average Bonchev–Trinajstić information content (AvgIpc) is 3.48. The number of fused-ring (bicyclic) bond motifs is 2. The second kappa shape index (κ2) is 8.00. The van der Waals surface area contributed by atoms with Gasteiger partial charge in [-0.3, -0.25) is 4.68 Å². The number of hydrogen-bond donors (Lipinski definition) is 4. The van der Waals surface area contributed by atoms with Gasteiger partial charge in [-0.1, -0.05) is 11.6 Å². The van der Waals surface area contributed by atoms with Crippen molar-refractivity contribution >= 4 is 28.6 Å². The van der Waals surface area contributed by atoms with Crippen LogP contribution in [0.5, 0.6) is 6.01 Å². The molecule has 2 aliphatic heterocycles.